The van der Waals surface area contributed by atoms with Crippen LogP contribution >= 0.6 is 0 Å². The number of methoxy groups -OCH3 is 1. The largest absolute Gasteiger partial charge is 0.481 e. The molecule has 1 saturated carbocycles. The lowest BCUT2D eigenvalue weighted by Crippen LogP contribution is -2.64. The maximum absolute atomic E-state index is 14.0. The number of rotatable bonds is 4. The first-order valence-electron chi connectivity index (χ1n) is 8.21. The highest BCUT2D eigenvalue weighted by Gasteiger charge is 2.58. The smallest absolute Gasteiger partial charge is 0.215 e. The normalized spacial score (nSPS) is 34.0. The molecule has 1 aliphatic heterocycles. The molecule has 1 spiro atoms. The molecule has 2 unspecified atom stereocenters. The van der Waals surface area contributed by atoms with Crippen LogP contribution in [-0.2, 0) is 0 Å². The van der Waals surface area contributed by atoms with E-state index in [2.05, 4.69) is 36.1 Å². The van der Waals surface area contributed by atoms with Gasteiger partial charge in [0.15, 0.2) is 11.6 Å². The molecule has 23 heavy (non-hydrogen) atoms. The number of hydrogen-bond acceptors (Lipinski definition) is 5. The second kappa shape index (κ2) is 5.91. The first-order chi connectivity index (χ1) is 10.9. The number of aromatic nitrogens is 1. The number of halogens is 1. The van der Waals surface area contributed by atoms with Crippen molar-refractivity contribution < 1.29 is 14.2 Å². The number of aliphatic hydroxyl groups is 1. The molecule has 1 aromatic heterocycles. The van der Waals surface area contributed by atoms with E-state index in [9.17, 15) is 9.50 Å². The molecule has 1 saturated heterocycles. The summed E-state index contributed by atoms with van der Waals surface area (Å²) < 4.78 is 19.0. The third-order valence-corrected chi connectivity index (χ3v) is 5.36. The third kappa shape index (κ3) is 2.78. The molecule has 0 bridgehead atoms. The molecule has 0 amide bonds. The van der Waals surface area contributed by atoms with E-state index in [1.54, 1.807) is 0 Å². The summed E-state index contributed by atoms with van der Waals surface area (Å²) in [6, 6.07) is 3.10. The Labute approximate surface area is 136 Å². The first-order valence-corrected chi connectivity index (χ1v) is 8.21. The van der Waals surface area contributed by atoms with Gasteiger partial charge in [-0.2, -0.15) is 4.98 Å². The number of pyridine rings is 1. The molecule has 0 radical (unpaired) electrons. The molecule has 2 fully saturated rings. The Bertz CT molecular complexity index is 578. The summed E-state index contributed by atoms with van der Waals surface area (Å²) in [5.41, 5.74) is 0.120. The van der Waals surface area contributed by atoms with Gasteiger partial charge < -0.3 is 20.1 Å². The van der Waals surface area contributed by atoms with Crippen molar-refractivity contribution in [2.45, 2.75) is 44.9 Å². The zero-order valence-electron chi connectivity index (χ0n) is 14.2. The van der Waals surface area contributed by atoms with Gasteiger partial charge in [-0.15, -0.1) is 0 Å². The van der Waals surface area contributed by atoms with Crippen molar-refractivity contribution in [3.05, 3.63) is 17.9 Å². The molecule has 1 aromatic rings. The van der Waals surface area contributed by atoms with E-state index < -0.39 is 11.9 Å². The summed E-state index contributed by atoms with van der Waals surface area (Å²) in [5, 5.41) is 13.6. The van der Waals surface area contributed by atoms with Gasteiger partial charge in [0.1, 0.15) is 0 Å². The molecule has 6 heteroatoms. The molecule has 5 nitrogen and oxygen atoms in total. The molecule has 0 aromatic carbocycles. The van der Waals surface area contributed by atoms with Crippen LogP contribution in [-0.4, -0.2) is 53.9 Å². The van der Waals surface area contributed by atoms with Crippen molar-refractivity contribution in [3.8, 4) is 5.88 Å². The van der Waals surface area contributed by atoms with Crippen molar-refractivity contribution in [2.24, 2.45) is 11.3 Å². The van der Waals surface area contributed by atoms with E-state index in [0.717, 1.165) is 19.4 Å². The van der Waals surface area contributed by atoms with Crippen LogP contribution < -0.4 is 10.1 Å². The number of likely N-dealkylation sites (tertiary alicyclic amines) is 1. The number of anilines is 1. The zero-order chi connectivity index (χ0) is 16.8. The summed E-state index contributed by atoms with van der Waals surface area (Å²) in [5.74, 6) is 0.621. The van der Waals surface area contributed by atoms with E-state index in [-0.39, 0.29) is 17.3 Å². The van der Waals surface area contributed by atoms with Gasteiger partial charge >= 0.3 is 0 Å². The summed E-state index contributed by atoms with van der Waals surface area (Å²) in [6.45, 7) is 5.43. The fraction of sp³-hybridized carbons (Fsp3) is 0.706. The van der Waals surface area contributed by atoms with Gasteiger partial charge in [0.2, 0.25) is 5.88 Å². The maximum Gasteiger partial charge on any atom is 0.215 e. The van der Waals surface area contributed by atoms with Crippen LogP contribution in [0.25, 0.3) is 0 Å². The van der Waals surface area contributed by atoms with E-state index in [0.29, 0.717) is 17.8 Å². The minimum absolute atomic E-state index is 0.120. The molecule has 3 rings (SSSR count). The van der Waals surface area contributed by atoms with Gasteiger partial charge in [-0.3, -0.25) is 0 Å². The van der Waals surface area contributed by atoms with Crippen molar-refractivity contribution >= 4 is 5.82 Å². The summed E-state index contributed by atoms with van der Waals surface area (Å²) >= 11 is 0. The van der Waals surface area contributed by atoms with Crippen molar-refractivity contribution in [2.75, 3.05) is 26.0 Å². The minimum atomic E-state index is -0.489. The number of aliphatic hydroxyl groups excluding tert-OH is 1. The fourth-order valence-corrected chi connectivity index (χ4v) is 4.81. The molecular formula is C17H26FN3O2. The molecule has 2 aliphatic rings. The van der Waals surface area contributed by atoms with Gasteiger partial charge in [0, 0.05) is 24.1 Å². The Morgan fingerprint density at radius 2 is 2.17 bits per heavy atom. The Morgan fingerprint density at radius 1 is 1.43 bits per heavy atom. The Morgan fingerprint density at radius 3 is 2.78 bits per heavy atom. The molecule has 128 valence electrons. The Balaban J connectivity index is 1.75. The monoisotopic (exact) mass is 323 g/mol. The van der Waals surface area contributed by atoms with E-state index >= 15 is 0 Å². The average molecular weight is 323 g/mol. The summed E-state index contributed by atoms with van der Waals surface area (Å²) in [6.07, 6.45) is 1.10. The predicted molar refractivity (Wildman–Crippen MR) is 87.1 cm³/mol. The Kier molecular flexibility index (Phi) is 4.23. The van der Waals surface area contributed by atoms with Crippen molar-refractivity contribution in [3.63, 3.8) is 0 Å². The average Bonchev–Trinajstić information content (AvgIpc) is 2.78. The van der Waals surface area contributed by atoms with Gasteiger partial charge in [0.05, 0.1) is 19.3 Å². The lowest BCUT2D eigenvalue weighted by molar-refractivity contribution is -0.0825. The third-order valence-electron chi connectivity index (χ3n) is 5.36. The zero-order valence-corrected chi connectivity index (χ0v) is 14.2. The Hall–Kier alpha value is -1.40. The second-order valence-corrected chi connectivity index (χ2v) is 7.38. The van der Waals surface area contributed by atoms with Crippen molar-refractivity contribution in [1.82, 2.24) is 9.88 Å². The highest BCUT2D eigenvalue weighted by atomic mass is 19.1. The van der Waals surface area contributed by atoms with Gasteiger partial charge in [-0.1, -0.05) is 13.8 Å². The van der Waals surface area contributed by atoms with Crippen LogP contribution in [0.3, 0.4) is 0 Å². The maximum atomic E-state index is 14.0. The van der Waals surface area contributed by atoms with Crippen LogP contribution in [0.4, 0.5) is 10.2 Å². The number of hydrogen-bond donors (Lipinski definition) is 2. The topological polar surface area (TPSA) is 57.6 Å². The lowest BCUT2D eigenvalue weighted by Gasteiger charge is -2.57. The lowest BCUT2D eigenvalue weighted by atomic mass is 9.66. The second-order valence-electron chi connectivity index (χ2n) is 7.38. The fourth-order valence-electron chi connectivity index (χ4n) is 4.81. The predicted octanol–water partition coefficient (Wildman–Crippen LogP) is 2.12. The van der Waals surface area contributed by atoms with E-state index in [1.165, 1.54) is 19.2 Å². The van der Waals surface area contributed by atoms with Crippen LogP contribution in [0.5, 0.6) is 5.88 Å². The standard InChI is InChI=1S/C17H26FN3O2/c1-10(2)15-17(9-21(15)3)7-12(13(22)8-17)19-16-11(18)5-6-14(20-16)23-4/h5-6,10,12-13,15,22H,7-9H2,1-4H3,(H,19,20)/t12-,13-,15?,17?/m1/s1. The molecule has 4 atom stereocenters. The summed E-state index contributed by atoms with van der Waals surface area (Å²) in [4.78, 5) is 6.47. The number of nitrogens with zero attached hydrogens (tertiary/aromatic N) is 2. The van der Waals surface area contributed by atoms with Crippen molar-refractivity contribution in [1.29, 1.82) is 0 Å². The molecule has 2 N–H and O–H groups in total. The van der Waals surface area contributed by atoms with Crippen LogP contribution in [0.15, 0.2) is 12.1 Å². The van der Waals surface area contributed by atoms with E-state index in [4.69, 9.17) is 4.74 Å². The van der Waals surface area contributed by atoms with Gasteiger partial charge in [0.25, 0.3) is 0 Å². The molecular weight excluding hydrogens is 297 g/mol. The quantitative estimate of drug-likeness (QED) is 0.889. The highest BCUT2D eigenvalue weighted by molar-refractivity contribution is 5.41. The van der Waals surface area contributed by atoms with Crippen LogP contribution in [0.1, 0.15) is 26.7 Å². The SMILES string of the molecule is COc1ccc(F)c(N[C@@H]2CC3(C[C@H]2O)CN(C)C3C(C)C)n1. The first kappa shape index (κ1) is 16.5. The van der Waals surface area contributed by atoms with Crippen LogP contribution in [0.2, 0.25) is 0 Å². The van der Waals surface area contributed by atoms with Gasteiger partial charge in [-0.25, -0.2) is 4.39 Å². The van der Waals surface area contributed by atoms with Crippen LogP contribution in [0, 0.1) is 17.2 Å². The van der Waals surface area contributed by atoms with E-state index in [1.807, 2.05) is 0 Å². The number of ether oxygens (including phenoxy) is 1. The highest BCUT2D eigenvalue weighted by Crippen LogP contribution is 2.52. The minimum Gasteiger partial charge on any atom is -0.481 e. The molecule has 1 aliphatic carbocycles. The number of nitrogens with one attached hydrogen (secondary N) is 1. The molecule has 2 heterocycles. The summed E-state index contributed by atoms with van der Waals surface area (Å²) in [7, 11) is 3.63. The van der Waals surface area contributed by atoms with Gasteiger partial charge in [-0.05, 0) is 31.9 Å².